The van der Waals surface area contributed by atoms with E-state index in [0.29, 0.717) is 22.2 Å². The molecule has 0 bridgehead atoms. The van der Waals surface area contributed by atoms with E-state index in [4.69, 9.17) is 26.8 Å². The SMILES string of the molecule is C[Si](C)(C)C#Cc1cc(Cl)c(N)c2c1OCO2. The van der Waals surface area contributed by atoms with Crippen molar-refractivity contribution >= 4 is 25.4 Å². The smallest absolute Gasteiger partial charge is 0.231 e. The maximum atomic E-state index is 6.03. The van der Waals surface area contributed by atoms with E-state index < -0.39 is 8.07 Å². The maximum Gasteiger partial charge on any atom is 0.231 e. The highest BCUT2D eigenvalue weighted by Crippen LogP contribution is 2.44. The molecule has 0 saturated carbocycles. The van der Waals surface area contributed by atoms with Gasteiger partial charge in [-0.05, 0) is 6.07 Å². The van der Waals surface area contributed by atoms with Crippen LogP contribution in [0.5, 0.6) is 11.5 Å². The minimum absolute atomic E-state index is 0.168. The van der Waals surface area contributed by atoms with Gasteiger partial charge >= 0.3 is 0 Å². The van der Waals surface area contributed by atoms with Gasteiger partial charge in [0, 0.05) is 0 Å². The van der Waals surface area contributed by atoms with Crippen LogP contribution in [0, 0.1) is 11.5 Å². The fourth-order valence-electron chi connectivity index (χ4n) is 1.40. The topological polar surface area (TPSA) is 44.5 Å². The van der Waals surface area contributed by atoms with E-state index in [0.717, 1.165) is 5.56 Å². The van der Waals surface area contributed by atoms with Crippen LogP contribution in [0.1, 0.15) is 5.56 Å². The maximum absolute atomic E-state index is 6.03. The number of rotatable bonds is 0. The lowest BCUT2D eigenvalue weighted by Crippen LogP contribution is -2.16. The molecule has 0 saturated heterocycles. The Bertz CT molecular complexity index is 526. The van der Waals surface area contributed by atoms with Crippen LogP contribution in [0.2, 0.25) is 24.7 Å². The van der Waals surface area contributed by atoms with Crippen molar-refractivity contribution in [3.05, 3.63) is 16.7 Å². The zero-order valence-electron chi connectivity index (χ0n) is 10.1. The number of anilines is 1. The van der Waals surface area contributed by atoms with Crippen molar-refractivity contribution in [3.8, 4) is 23.0 Å². The summed E-state index contributed by atoms with van der Waals surface area (Å²) in [5, 5.41) is 0.453. The molecule has 0 spiro atoms. The predicted molar refractivity (Wildman–Crippen MR) is 72.2 cm³/mol. The van der Waals surface area contributed by atoms with Gasteiger partial charge in [0.25, 0.3) is 0 Å². The Labute approximate surface area is 107 Å². The quantitative estimate of drug-likeness (QED) is 0.447. The van der Waals surface area contributed by atoms with E-state index in [9.17, 15) is 0 Å². The normalized spacial score (nSPS) is 13.2. The Morgan fingerprint density at radius 3 is 2.59 bits per heavy atom. The van der Waals surface area contributed by atoms with Crippen LogP contribution in [-0.4, -0.2) is 14.9 Å². The van der Waals surface area contributed by atoms with Crippen molar-refractivity contribution in [2.45, 2.75) is 19.6 Å². The molecule has 17 heavy (non-hydrogen) atoms. The van der Waals surface area contributed by atoms with Gasteiger partial charge in [-0.1, -0.05) is 37.2 Å². The summed E-state index contributed by atoms with van der Waals surface area (Å²) in [6.45, 7) is 6.70. The van der Waals surface area contributed by atoms with Crippen molar-refractivity contribution in [1.29, 1.82) is 0 Å². The second-order valence-electron chi connectivity index (χ2n) is 4.88. The summed E-state index contributed by atoms with van der Waals surface area (Å²) in [5.74, 6) is 4.24. The molecule has 0 radical (unpaired) electrons. The summed E-state index contributed by atoms with van der Waals surface area (Å²) in [5.41, 5.74) is 10.2. The van der Waals surface area contributed by atoms with Crippen molar-refractivity contribution in [2.24, 2.45) is 0 Å². The largest absolute Gasteiger partial charge is 0.452 e. The minimum atomic E-state index is -1.44. The van der Waals surface area contributed by atoms with Gasteiger partial charge in [0.1, 0.15) is 8.07 Å². The lowest BCUT2D eigenvalue weighted by Gasteiger charge is -2.06. The predicted octanol–water partition coefficient (Wildman–Crippen LogP) is 2.88. The molecular formula is C12H14ClNO2Si. The summed E-state index contributed by atoms with van der Waals surface area (Å²) >= 11 is 6.03. The highest BCUT2D eigenvalue weighted by atomic mass is 35.5. The van der Waals surface area contributed by atoms with Crippen LogP contribution in [0.3, 0.4) is 0 Å². The zero-order valence-corrected chi connectivity index (χ0v) is 11.8. The number of fused-ring (bicyclic) bond motifs is 1. The molecule has 1 heterocycles. The van der Waals surface area contributed by atoms with E-state index in [1.807, 2.05) is 0 Å². The monoisotopic (exact) mass is 267 g/mol. The number of hydrogen-bond donors (Lipinski definition) is 1. The molecular weight excluding hydrogens is 254 g/mol. The summed E-state index contributed by atoms with van der Waals surface area (Å²) in [7, 11) is -1.44. The number of ether oxygens (including phenoxy) is 2. The van der Waals surface area contributed by atoms with E-state index in [-0.39, 0.29) is 6.79 Å². The van der Waals surface area contributed by atoms with Crippen molar-refractivity contribution in [1.82, 2.24) is 0 Å². The average molecular weight is 268 g/mol. The molecule has 2 N–H and O–H groups in total. The fourth-order valence-corrected chi connectivity index (χ4v) is 2.11. The van der Waals surface area contributed by atoms with Gasteiger partial charge in [-0.25, -0.2) is 0 Å². The molecule has 1 aromatic carbocycles. The summed E-state index contributed by atoms with van der Waals surface area (Å²) in [6.07, 6.45) is 0. The number of halogens is 1. The second-order valence-corrected chi connectivity index (χ2v) is 10.0. The molecule has 2 rings (SSSR count). The molecule has 0 aromatic heterocycles. The van der Waals surface area contributed by atoms with Crippen LogP contribution in [0.15, 0.2) is 6.07 Å². The van der Waals surface area contributed by atoms with Crippen LogP contribution in [0.4, 0.5) is 5.69 Å². The van der Waals surface area contributed by atoms with E-state index >= 15 is 0 Å². The Kier molecular flexibility index (Phi) is 2.98. The highest BCUT2D eigenvalue weighted by molar-refractivity contribution is 6.83. The van der Waals surface area contributed by atoms with Gasteiger partial charge in [-0.15, -0.1) is 5.54 Å². The van der Waals surface area contributed by atoms with Gasteiger partial charge in [0.15, 0.2) is 11.5 Å². The molecule has 0 unspecified atom stereocenters. The van der Waals surface area contributed by atoms with Gasteiger partial charge in [-0.3, -0.25) is 0 Å². The molecule has 0 atom stereocenters. The lowest BCUT2D eigenvalue weighted by molar-refractivity contribution is 0.174. The first-order chi connectivity index (χ1) is 7.88. The Hall–Kier alpha value is -1.31. The zero-order chi connectivity index (χ0) is 12.6. The van der Waals surface area contributed by atoms with Gasteiger partial charge < -0.3 is 15.2 Å². The Balaban J connectivity index is 2.52. The third-order valence-corrected chi connectivity index (χ3v) is 3.39. The van der Waals surface area contributed by atoms with Crippen LogP contribution in [-0.2, 0) is 0 Å². The fraction of sp³-hybridized carbons (Fsp3) is 0.333. The molecule has 3 nitrogen and oxygen atoms in total. The molecule has 0 amide bonds. The van der Waals surface area contributed by atoms with Gasteiger partial charge in [-0.2, -0.15) is 0 Å². The minimum Gasteiger partial charge on any atom is -0.452 e. The first kappa shape index (κ1) is 12.2. The summed E-state index contributed by atoms with van der Waals surface area (Å²) < 4.78 is 10.7. The number of nitrogen functional groups attached to an aromatic ring is 1. The van der Waals surface area contributed by atoms with Crippen LogP contribution >= 0.6 is 11.6 Å². The van der Waals surface area contributed by atoms with E-state index in [1.165, 1.54) is 0 Å². The molecule has 0 fully saturated rings. The standard InChI is InChI=1S/C12H14ClNO2Si/c1-17(2,3)5-4-8-6-9(13)10(14)12-11(8)15-7-16-12/h6H,7,14H2,1-3H3. The average Bonchev–Trinajstić information content (AvgIpc) is 2.69. The molecule has 90 valence electrons. The third kappa shape index (κ3) is 2.51. The molecule has 1 aromatic rings. The Morgan fingerprint density at radius 1 is 1.29 bits per heavy atom. The van der Waals surface area contributed by atoms with E-state index in [1.54, 1.807) is 6.07 Å². The van der Waals surface area contributed by atoms with Crippen molar-refractivity contribution < 1.29 is 9.47 Å². The molecule has 1 aliphatic rings. The lowest BCUT2D eigenvalue weighted by atomic mass is 10.1. The van der Waals surface area contributed by atoms with Crippen molar-refractivity contribution in [2.75, 3.05) is 12.5 Å². The first-order valence-electron chi connectivity index (χ1n) is 5.29. The number of hydrogen-bond acceptors (Lipinski definition) is 3. The van der Waals surface area contributed by atoms with Crippen molar-refractivity contribution in [3.63, 3.8) is 0 Å². The van der Waals surface area contributed by atoms with Crippen LogP contribution < -0.4 is 15.2 Å². The van der Waals surface area contributed by atoms with E-state index in [2.05, 4.69) is 31.1 Å². The molecule has 1 aliphatic heterocycles. The van der Waals surface area contributed by atoms with Gasteiger partial charge in [0.2, 0.25) is 6.79 Å². The van der Waals surface area contributed by atoms with Crippen LogP contribution in [0.25, 0.3) is 0 Å². The second kappa shape index (κ2) is 4.17. The molecule has 5 heteroatoms. The summed E-state index contributed by atoms with van der Waals surface area (Å²) in [6, 6.07) is 1.73. The first-order valence-corrected chi connectivity index (χ1v) is 9.17. The number of benzene rings is 1. The molecule has 0 aliphatic carbocycles. The summed E-state index contributed by atoms with van der Waals surface area (Å²) in [4.78, 5) is 0. The Morgan fingerprint density at radius 2 is 1.94 bits per heavy atom. The number of nitrogens with two attached hydrogens (primary N) is 1. The van der Waals surface area contributed by atoms with Gasteiger partial charge in [0.05, 0.1) is 16.3 Å². The highest BCUT2D eigenvalue weighted by Gasteiger charge is 2.22. The third-order valence-electron chi connectivity index (χ3n) is 2.20.